The van der Waals surface area contributed by atoms with E-state index in [0.717, 1.165) is 47.1 Å². The van der Waals surface area contributed by atoms with Crippen LogP contribution < -0.4 is 0 Å². The van der Waals surface area contributed by atoms with Crippen molar-refractivity contribution in [2.24, 2.45) is 0 Å². The van der Waals surface area contributed by atoms with Gasteiger partial charge in [-0.05, 0) is 31.5 Å². The van der Waals surface area contributed by atoms with Crippen molar-refractivity contribution >= 4 is 5.65 Å². The Morgan fingerprint density at radius 3 is 2.80 bits per heavy atom. The highest BCUT2D eigenvalue weighted by Gasteiger charge is 2.15. The quantitative estimate of drug-likeness (QED) is 0.561. The number of rotatable bonds is 5. The van der Waals surface area contributed by atoms with Crippen molar-refractivity contribution < 1.29 is 0 Å². The largest absolute Gasteiger partial charge is 0.240 e. The molecular weight excluding hydrogens is 314 g/mol. The molecule has 0 saturated carbocycles. The van der Waals surface area contributed by atoms with Gasteiger partial charge in [-0.25, -0.2) is 24.1 Å². The van der Waals surface area contributed by atoms with Crippen LogP contribution in [0.25, 0.3) is 11.5 Å². The zero-order valence-electron chi connectivity index (χ0n) is 14.3. The van der Waals surface area contributed by atoms with Crippen molar-refractivity contribution in [2.45, 2.75) is 33.1 Å². The van der Waals surface area contributed by atoms with E-state index in [9.17, 15) is 0 Å². The molecule has 0 aliphatic carbocycles. The third-order valence-corrected chi connectivity index (χ3v) is 4.11. The molecule has 4 heterocycles. The van der Waals surface area contributed by atoms with Crippen LogP contribution in [-0.2, 0) is 12.8 Å². The molecule has 0 saturated heterocycles. The average molecular weight is 333 g/mol. The predicted molar refractivity (Wildman–Crippen MR) is 93.7 cm³/mol. The standard InChI is InChI=1S/C18H19N7/c1-3-6-15-16(20-12-24-18(15)22-13(2)23-24)11-14-8-10-21-25(14)17-7-4-5-9-19-17/h4-5,7-10,12H,3,6,11H2,1-2H3. The lowest BCUT2D eigenvalue weighted by atomic mass is 10.1. The van der Waals surface area contributed by atoms with Gasteiger partial charge in [-0.3, -0.25) is 0 Å². The smallest absolute Gasteiger partial charge is 0.162 e. The Morgan fingerprint density at radius 2 is 2.00 bits per heavy atom. The van der Waals surface area contributed by atoms with Crippen LogP contribution in [0.1, 0.15) is 36.1 Å². The fourth-order valence-electron chi connectivity index (χ4n) is 3.03. The van der Waals surface area contributed by atoms with Crippen LogP contribution in [0.4, 0.5) is 0 Å². The first-order chi connectivity index (χ1) is 12.3. The molecule has 7 heteroatoms. The van der Waals surface area contributed by atoms with Gasteiger partial charge in [-0.2, -0.15) is 10.2 Å². The molecule has 4 aromatic rings. The molecule has 0 spiro atoms. The second kappa shape index (κ2) is 6.43. The maximum Gasteiger partial charge on any atom is 0.162 e. The molecule has 0 radical (unpaired) electrons. The molecule has 0 aliphatic heterocycles. The third-order valence-electron chi connectivity index (χ3n) is 4.11. The van der Waals surface area contributed by atoms with Crippen molar-refractivity contribution in [1.82, 2.24) is 34.3 Å². The molecule has 0 aromatic carbocycles. The average Bonchev–Trinajstić information content (AvgIpc) is 3.24. The minimum atomic E-state index is 0.675. The molecule has 0 amide bonds. The SMILES string of the molecule is CCCc1c(Cc2ccnn2-c2ccccn2)ncn2nc(C)nc12. The van der Waals surface area contributed by atoms with Crippen LogP contribution in [-0.4, -0.2) is 34.3 Å². The van der Waals surface area contributed by atoms with Crippen LogP contribution in [0.15, 0.2) is 43.0 Å². The van der Waals surface area contributed by atoms with E-state index in [-0.39, 0.29) is 0 Å². The summed E-state index contributed by atoms with van der Waals surface area (Å²) in [6, 6.07) is 7.81. The maximum absolute atomic E-state index is 4.65. The van der Waals surface area contributed by atoms with E-state index in [0.29, 0.717) is 6.42 Å². The van der Waals surface area contributed by atoms with Gasteiger partial charge in [0.15, 0.2) is 11.5 Å². The van der Waals surface area contributed by atoms with E-state index in [2.05, 4.69) is 32.1 Å². The summed E-state index contributed by atoms with van der Waals surface area (Å²) >= 11 is 0. The highest BCUT2D eigenvalue weighted by Crippen LogP contribution is 2.19. The summed E-state index contributed by atoms with van der Waals surface area (Å²) in [7, 11) is 0. The van der Waals surface area contributed by atoms with Crippen molar-refractivity contribution in [3.63, 3.8) is 0 Å². The first-order valence-corrected chi connectivity index (χ1v) is 8.40. The van der Waals surface area contributed by atoms with Crippen LogP contribution in [0, 0.1) is 6.92 Å². The highest BCUT2D eigenvalue weighted by atomic mass is 15.3. The molecule has 4 rings (SSSR count). The van der Waals surface area contributed by atoms with Gasteiger partial charge in [0.1, 0.15) is 12.2 Å². The summed E-state index contributed by atoms with van der Waals surface area (Å²) < 4.78 is 3.62. The summed E-state index contributed by atoms with van der Waals surface area (Å²) in [6.45, 7) is 4.06. The van der Waals surface area contributed by atoms with Crippen molar-refractivity contribution in [1.29, 1.82) is 0 Å². The molecule has 0 bridgehead atoms. The van der Waals surface area contributed by atoms with Gasteiger partial charge in [-0.1, -0.05) is 19.4 Å². The number of fused-ring (bicyclic) bond motifs is 1. The zero-order chi connectivity index (χ0) is 17.2. The van der Waals surface area contributed by atoms with E-state index >= 15 is 0 Å². The molecular formula is C18H19N7. The molecule has 0 atom stereocenters. The van der Waals surface area contributed by atoms with Crippen molar-refractivity contribution in [3.8, 4) is 5.82 Å². The van der Waals surface area contributed by atoms with Gasteiger partial charge < -0.3 is 0 Å². The van der Waals surface area contributed by atoms with Gasteiger partial charge in [0.05, 0.1) is 11.4 Å². The molecule has 0 N–H and O–H groups in total. The lowest BCUT2D eigenvalue weighted by Gasteiger charge is -2.10. The number of aromatic nitrogens is 7. The van der Waals surface area contributed by atoms with Crippen LogP contribution in [0.2, 0.25) is 0 Å². The summed E-state index contributed by atoms with van der Waals surface area (Å²) in [5.41, 5.74) is 4.11. The summed E-state index contributed by atoms with van der Waals surface area (Å²) in [5.74, 6) is 1.56. The number of nitrogens with zero attached hydrogens (tertiary/aromatic N) is 7. The summed E-state index contributed by atoms with van der Waals surface area (Å²) in [6.07, 6.45) is 7.93. The van der Waals surface area contributed by atoms with Gasteiger partial charge >= 0.3 is 0 Å². The maximum atomic E-state index is 4.65. The Hall–Kier alpha value is -3.09. The molecule has 25 heavy (non-hydrogen) atoms. The Balaban J connectivity index is 1.77. The van der Waals surface area contributed by atoms with Crippen LogP contribution >= 0.6 is 0 Å². The van der Waals surface area contributed by atoms with Crippen molar-refractivity contribution in [2.75, 3.05) is 0 Å². The molecule has 0 fully saturated rings. The lowest BCUT2D eigenvalue weighted by molar-refractivity contribution is 0.776. The van der Waals surface area contributed by atoms with Crippen LogP contribution in [0.3, 0.4) is 0 Å². The van der Waals surface area contributed by atoms with E-state index in [1.54, 1.807) is 23.2 Å². The molecule has 126 valence electrons. The van der Waals surface area contributed by atoms with Gasteiger partial charge in [-0.15, -0.1) is 0 Å². The zero-order valence-corrected chi connectivity index (χ0v) is 14.3. The Labute approximate surface area is 145 Å². The first-order valence-electron chi connectivity index (χ1n) is 8.40. The van der Waals surface area contributed by atoms with Crippen molar-refractivity contribution in [3.05, 3.63) is 65.8 Å². The number of hydrogen-bond acceptors (Lipinski definition) is 5. The number of pyridine rings is 1. The number of aryl methyl sites for hydroxylation is 2. The predicted octanol–water partition coefficient (Wildman–Crippen LogP) is 2.56. The molecule has 7 nitrogen and oxygen atoms in total. The Bertz CT molecular complexity index is 1000. The minimum absolute atomic E-state index is 0.675. The summed E-state index contributed by atoms with van der Waals surface area (Å²) in [5, 5.41) is 8.79. The van der Waals surface area contributed by atoms with E-state index in [1.807, 2.05) is 35.9 Å². The fourth-order valence-corrected chi connectivity index (χ4v) is 3.03. The third kappa shape index (κ3) is 2.88. The number of hydrogen-bond donors (Lipinski definition) is 0. The molecule has 0 unspecified atom stereocenters. The van der Waals surface area contributed by atoms with Gasteiger partial charge in [0.2, 0.25) is 0 Å². The van der Waals surface area contributed by atoms with Crippen LogP contribution in [0.5, 0.6) is 0 Å². The molecule has 0 aliphatic rings. The monoisotopic (exact) mass is 333 g/mol. The van der Waals surface area contributed by atoms with Gasteiger partial charge in [0.25, 0.3) is 0 Å². The topological polar surface area (TPSA) is 73.8 Å². The highest BCUT2D eigenvalue weighted by molar-refractivity contribution is 5.50. The summed E-state index contributed by atoms with van der Waals surface area (Å²) in [4.78, 5) is 13.6. The Kier molecular flexibility index (Phi) is 3.97. The van der Waals surface area contributed by atoms with E-state index in [4.69, 9.17) is 0 Å². The first kappa shape index (κ1) is 15.4. The normalized spacial score (nSPS) is 11.3. The molecule has 4 aromatic heterocycles. The van der Waals surface area contributed by atoms with E-state index in [1.165, 1.54) is 0 Å². The van der Waals surface area contributed by atoms with Gasteiger partial charge in [0, 0.05) is 24.4 Å². The van der Waals surface area contributed by atoms with E-state index < -0.39 is 0 Å². The fraction of sp³-hybridized carbons (Fsp3) is 0.278. The second-order valence-electron chi connectivity index (χ2n) is 5.95. The minimum Gasteiger partial charge on any atom is -0.240 e. The Morgan fingerprint density at radius 1 is 1.08 bits per heavy atom. The second-order valence-corrected chi connectivity index (χ2v) is 5.95. The lowest BCUT2D eigenvalue weighted by Crippen LogP contribution is -2.09.